The number of nitro groups is 1. The topological polar surface area (TPSA) is 122 Å². The van der Waals surface area contributed by atoms with Gasteiger partial charge in [0.25, 0.3) is 5.69 Å². The van der Waals surface area contributed by atoms with E-state index in [-0.39, 0.29) is 11.5 Å². The summed E-state index contributed by atoms with van der Waals surface area (Å²) in [7, 11) is 0. The number of aliphatic carboxylic acids is 1. The van der Waals surface area contributed by atoms with Gasteiger partial charge in [-0.3, -0.25) is 19.7 Å². The fourth-order valence-corrected chi connectivity index (χ4v) is 5.48. The highest BCUT2D eigenvalue weighted by atomic mass is 32.1. The van der Waals surface area contributed by atoms with Gasteiger partial charge in [-0.25, -0.2) is 4.98 Å². The Morgan fingerprint density at radius 2 is 1.63 bits per heavy atom. The number of Topliss-reactive ketones (excluding diaryl/α,β-unsaturated/α-hetero) is 1. The van der Waals surface area contributed by atoms with E-state index in [9.17, 15) is 24.8 Å². The smallest absolute Gasteiger partial charge is 0.307 e. The predicted molar refractivity (Wildman–Crippen MR) is 134 cm³/mol. The second-order valence-corrected chi connectivity index (χ2v) is 9.58. The standard InChI is InChI=1S/C26H21N3O5S/c30-24(20-2-1-3-21(20)25(31)32)17-6-4-15(5-7-17)16-8-10-18(11-9-16)27-26-28-22-13-12-19(29(33)34)14-23(22)35-26/h4-14,20-21H,1-3H2,(H,27,28)(H,31,32). The average Bonchev–Trinajstić information content (AvgIpc) is 3.51. The molecule has 1 fully saturated rings. The monoisotopic (exact) mass is 487 g/mol. The fraction of sp³-hybridized carbons (Fsp3) is 0.192. The first-order chi connectivity index (χ1) is 16.9. The van der Waals surface area contributed by atoms with Crippen molar-refractivity contribution in [1.82, 2.24) is 4.98 Å². The SMILES string of the molecule is O=C(O)C1CCCC1C(=O)c1ccc(-c2ccc(Nc3nc4ccc([N+](=O)[O-])cc4s3)cc2)cc1. The number of ketones is 1. The van der Waals surface area contributed by atoms with Crippen LogP contribution in [0.5, 0.6) is 0 Å². The third-order valence-corrected chi connectivity index (χ3v) is 7.33. The Hall–Kier alpha value is -4.11. The molecule has 3 aromatic carbocycles. The Labute approximate surface area is 204 Å². The maximum Gasteiger partial charge on any atom is 0.307 e. The van der Waals surface area contributed by atoms with Crippen LogP contribution in [0.4, 0.5) is 16.5 Å². The van der Waals surface area contributed by atoms with E-state index >= 15 is 0 Å². The number of non-ortho nitro benzene ring substituents is 1. The van der Waals surface area contributed by atoms with Crippen molar-refractivity contribution in [1.29, 1.82) is 0 Å². The predicted octanol–water partition coefficient (Wildman–Crippen LogP) is 6.30. The van der Waals surface area contributed by atoms with Crippen molar-refractivity contribution in [3.05, 3.63) is 82.4 Å². The van der Waals surface area contributed by atoms with Crippen LogP contribution in [0, 0.1) is 22.0 Å². The number of fused-ring (bicyclic) bond motifs is 1. The quantitative estimate of drug-likeness (QED) is 0.178. The molecule has 1 saturated carbocycles. The third kappa shape index (κ3) is 4.63. The minimum absolute atomic E-state index is 0.0368. The number of carbonyl (C=O) groups excluding carboxylic acids is 1. The van der Waals surface area contributed by atoms with Crippen molar-refractivity contribution in [2.45, 2.75) is 19.3 Å². The van der Waals surface area contributed by atoms with Crippen LogP contribution in [0.2, 0.25) is 0 Å². The zero-order valence-corrected chi connectivity index (χ0v) is 19.3. The second kappa shape index (κ2) is 9.27. The average molecular weight is 488 g/mol. The van der Waals surface area contributed by atoms with Crippen LogP contribution in [0.25, 0.3) is 21.3 Å². The largest absolute Gasteiger partial charge is 0.481 e. The summed E-state index contributed by atoms with van der Waals surface area (Å²) in [5.74, 6) is -2.02. The van der Waals surface area contributed by atoms with Crippen molar-refractivity contribution in [3.8, 4) is 11.1 Å². The van der Waals surface area contributed by atoms with Crippen molar-refractivity contribution < 1.29 is 19.6 Å². The van der Waals surface area contributed by atoms with E-state index < -0.39 is 22.7 Å². The molecule has 1 aliphatic carbocycles. The molecular weight excluding hydrogens is 466 g/mol. The van der Waals surface area contributed by atoms with Crippen LogP contribution in [0.3, 0.4) is 0 Å². The molecule has 5 rings (SSSR count). The molecular formula is C26H21N3O5S. The van der Waals surface area contributed by atoms with Gasteiger partial charge in [-0.1, -0.05) is 54.2 Å². The summed E-state index contributed by atoms with van der Waals surface area (Å²) in [6, 6.07) is 19.6. The van der Waals surface area contributed by atoms with Crippen LogP contribution in [0.1, 0.15) is 29.6 Å². The Morgan fingerprint density at radius 3 is 2.29 bits per heavy atom. The highest BCUT2D eigenvalue weighted by Crippen LogP contribution is 2.35. The molecule has 0 amide bonds. The fourth-order valence-electron chi connectivity index (χ4n) is 4.56. The zero-order chi connectivity index (χ0) is 24.5. The van der Waals surface area contributed by atoms with Crippen LogP contribution in [-0.4, -0.2) is 26.8 Å². The van der Waals surface area contributed by atoms with E-state index in [2.05, 4.69) is 10.3 Å². The van der Waals surface area contributed by atoms with Crippen molar-refractivity contribution >= 4 is 49.8 Å². The number of hydrogen-bond acceptors (Lipinski definition) is 7. The van der Waals surface area contributed by atoms with Crippen molar-refractivity contribution in [2.24, 2.45) is 11.8 Å². The van der Waals surface area contributed by atoms with E-state index in [1.165, 1.54) is 23.5 Å². The molecule has 0 radical (unpaired) electrons. The molecule has 4 aromatic rings. The number of carboxylic acid groups (broad SMARTS) is 1. The van der Waals surface area contributed by atoms with Gasteiger partial charge in [-0.2, -0.15) is 0 Å². The molecule has 0 saturated heterocycles. The lowest BCUT2D eigenvalue weighted by molar-refractivity contribution is -0.384. The van der Waals surface area contributed by atoms with Gasteiger partial charge in [0, 0.05) is 29.3 Å². The molecule has 2 unspecified atom stereocenters. The Morgan fingerprint density at radius 1 is 0.971 bits per heavy atom. The summed E-state index contributed by atoms with van der Waals surface area (Å²) in [5.41, 5.74) is 4.02. The van der Waals surface area contributed by atoms with Crippen molar-refractivity contribution in [3.63, 3.8) is 0 Å². The Kier molecular flexibility index (Phi) is 6.00. The van der Waals surface area contributed by atoms with E-state index in [1.807, 2.05) is 36.4 Å². The molecule has 1 aliphatic rings. The third-order valence-electron chi connectivity index (χ3n) is 6.39. The number of benzene rings is 3. The summed E-state index contributed by atoms with van der Waals surface area (Å²) >= 11 is 1.35. The summed E-state index contributed by atoms with van der Waals surface area (Å²) < 4.78 is 0.736. The highest BCUT2D eigenvalue weighted by Gasteiger charge is 2.37. The number of aromatic nitrogens is 1. The maximum absolute atomic E-state index is 12.8. The molecule has 0 bridgehead atoms. The number of carboxylic acids is 1. The molecule has 8 nitrogen and oxygen atoms in total. The van der Waals surface area contributed by atoms with Crippen LogP contribution >= 0.6 is 11.3 Å². The Bertz CT molecular complexity index is 1430. The summed E-state index contributed by atoms with van der Waals surface area (Å²) in [4.78, 5) is 39.3. The molecule has 0 spiro atoms. The minimum atomic E-state index is -0.890. The van der Waals surface area contributed by atoms with Gasteiger partial charge >= 0.3 is 5.97 Å². The normalized spacial score (nSPS) is 17.4. The van der Waals surface area contributed by atoms with Gasteiger partial charge in [0.2, 0.25) is 0 Å². The summed E-state index contributed by atoms with van der Waals surface area (Å²) in [6.45, 7) is 0. The van der Waals surface area contributed by atoms with Crippen molar-refractivity contribution in [2.75, 3.05) is 5.32 Å². The summed E-state index contributed by atoms with van der Waals surface area (Å²) in [5, 5.41) is 24.2. The first kappa shape index (κ1) is 22.7. The van der Waals surface area contributed by atoms with Gasteiger partial charge in [0.05, 0.1) is 21.1 Å². The number of thiazole rings is 1. The lowest BCUT2D eigenvalue weighted by Crippen LogP contribution is -2.25. The number of carbonyl (C=O) groups is 2. The van der Waals surface area contributed by atoms with Gasteiger partial charge in [0.1, 0.15) is 0 Å². The Balaban J connectivity index is 1.28. The first-order valence-corrected chi connectivity index (χ1v) is 12.0. The number of rotatable bonds is 7. The van der Waals surface area contributed by atoms with Gasteiger partial charge < -0.3 is 10.4 Å². The molecule has 1 heterocycles. The lowest BCUT2D eigenvalue weighted by Gasteiger charge is -2.14. The van der Waals surface area contributed by atoms with Crippen LogP contribution < -0.4 is 5.32 Å². The lowest BCUT2D eigenvalue weighted by atomic mass is 9.88. The van der Waals surface area contributed by atoms with E-state index in [1.54, 1.807) is 18.2 Å². The van der Waals surface area contributed by atoms with Crippen LogP contribution in [0.15, 0.2) is 66.7 Å². The van der Waals surface area contributed by atoms with E-state index in [0.29, 0.717) is 29.1 Å². The molecule has 9 heteroatoms. The van der Waals surface area contributed by atoms with Gasteiger partial charge in [-0.15, -0.1) is 0 Å². The number of anilines is 2. The molecule has 35 heavy (non-hydrogen) atoms. The van der Waals surface area contributed by atoms with Crippen LogP contribution in [-0.2, 0) is 4.79 Å². The summed E-state index contributed by atoms with van der Waals surface area (Å²) in [6.07, 6.45) is 1.95. The molecule has 2 N–H and O–H groups in total. The molecule has 0 aliphatic heterocycles. The second-order valence-electron chi connectivity index (χ2n) is 8.55. The van der Waals surface area contributed by atoms with E-state index in [4.69, 9.17) is 0 Å². The van der Waals surface area contributed by atoms with E-state index in [0.717, 1.165) is 27.9 Å². The molecule has 2 atom stereocenters. The number of nitrogens with one attached hydrogen (secondary N) is 1. The molecule has 176 valence electrons. The van der Waals surface area contributed by atoms with Gasteiger partial charge in [-0.05, 0) is 42.2 Å². The number of hydrogen-bond donors (Lipinski definition) is 2. The van der Waals surface area contributed by atoms with Gasteiger partial charge in [0.15, 0.2) is 10.9 Å². The molecule has 1 aromatic heterocycles. The minimum Gasteiger partial charge on any atom is -0.481 e. The highest BCUT2D eigenvalue weighted by molar-refractivity contribution is 7.22. The number of nitrogens with zero attached hydrogens (tertiary/aromatic N) is 2. The number of nitro benzene ring substituents is 1. The first-order valence-electron chi connectivity index (χ1n) is 11.2. The maximum atomic E-state index is 12.8. The zero-order valence-electron chi connectivity index (χ0n) is 18.5.